The molecule has 3 aromatic rings. The van der Waals surface area contributed by atoms with Gasteiger partial charge in [0.1, 0.15) is 11.6 Å². The molecule has 238 valence electrons. The molecule has 0 radical (unpaired) electrons. The Morgan fingerprint density at radius 1 is 1.04 bits per heavy atom. The predicted molar refractivity (Wildman–Crippen MR) is 163 cm³/mol. The Balaban J connectivity index is 0.000000179. The molecule has 10 nitrogen and oxygen atoms in total. The van der Waals surface area contributed by atoms with Crippen molar-refractivity contribution in [2.24, 2.45) is 0 Å². The average molecular weight is 680 g/mol. The van der Waals surface area contributed by atoms with Crippen LogP contribution in [0.25, 0.3) is 0 Å². The van der Waals surface area contributed by atoms with E-state index < -0.39 is 33.4 Å². The largest absolute Gasteiger partial charge is 0.489 e. The van der Waals surface area contributed by atoms with Gasteiger partial charge in [-0.3, -0.25) is 9.59 Å². The number of anilines is 1. The first-order valence-corrected chi connectivity index (χ1v) is 16.8. The molecule has 0 N–H and O–H groups in total. The van der Waals surface area contributed by atoms with Gasteiger partial charge in [-0.2, -0.15) is 0 Å². The van der Waals surface area contributed by atoms with E-state index in [0.29, 0.717) is 21.8 Å². The molecule has 2 amide bonds. The monoisotopic (exact) mass is 678 g/mol. The molecule has 1 aromatic heterocycles. The Morgan fingerprint density at radius 2 is 1.73 bits per heavy atom. The highest BCUT2D eigenvalue weighted by molar-refractivity contribution is 7.90. The minimum Gasteiger partial charge on any atom is -0.489 e. The number of rotatable bonds is 7. The van der Waals surface area contributed by atoms with Gasteiger partial charge in [-0.05, 0) is 82.2 Å². The fourth-order valence-electron chi connectivity index (χ4n) is 5.05. The summed E-state index contributed by atoms with van der Waals surface area (Å²) in [6, 6.07) is 6.53. The second kappa shape index (κ2) is 12.9. The predicted octanol–water partition coefficient (Wildman–Crippen LogP) is 7.42. The number of halogens is 3. The number of hydrogen-bond acceptors (Lipinski definition) is 9. The van der Waals surface area contributed by atoms with E-state index in [0.717, 1.165) is 50.8 Å². The van der Waals surface area contributed by atoms with E-state index in [2.05, 4.69) is 5.16 Å². The zero-order chi connectivity index (χ0) is 32.6. The Hall–Kier alpha value is -3.74. The summed E-state index contributed by atoms with van der Waals surface area (Å²) in [5.41, 5.74) is 0.725. The molecule has 0 unspecified atom stereocenters. The maximum Gasteiger partial charge on any atom is 0.427 e. The number of sulfone groups is 1. The molecule has 2 saturated carbocycles. The summed E-state index contributed by atoms with van der Waals surface area (Å²) in [7, 11) is -3.57. The SMILES string of the molecule is CC(C)=C1OC(=O)N(c2cc(OC3CCCC3)c(Cl)cc2F)C1=O.CS(=O)(=O)c1cc(Cl)ccc1C(=O)c1cnoc1C1CC1. The molecule has 0 bridgehead atoms. The number of benzene rings is 2. The number of aromatic nitrogens is 1. The summed E-state index contributed by atoms with van der Waals surface area (Å²) < 4.78 is 53.9. The van der Waals surface area contributed by atoms with Crippen molar-refractivity contribution >= 4 is 56.5 Å². The van der Waals surface area contributed by atoms with Gasteiger partial charge in [0.15, 0.2) is 27.1 Å². The Bertz CT molecular complexity index is 1820. The van der Waals surface area contributed by atoms with Crippen LogP contribution in [-0.4, -0.2) is 43.7 Å². The molecule has 3 fully saturated rings. The molecular weight excluding hydrogens is 650 g/mol. The third kappa shape index (κ3) is 7.08. The number of ketones is 1. The molecule has 1 aliphatic heterocycles. The summed E-state index contributed by atoms with van der Waals surface area (Å²) in [6.45, 7) is 3.27. The fraction of sp³-hybridized carbons (Fsp3) is 0.355. The summed E-state index contributed by atoms with van der Waals surface area (Å²) in [5.74, 6) is -0.990. The van der Waals surface area contributed by atoms with Crippen LogP contribution < -0.4 is 9.64 Å². The van der Waals surface area contributed by atoms with Crippen molar-refractivity contribution in [2.75, 3.05) is 11.2 Å². The standard InChI is InChI=1S/C17H17ClFNO4.C14H12ClNO4S/c1-9(2)15-16(21)20(17(22)24-15)13-8-14(11(18)7-12(13)19)23-10-5-3-4-6-10;1-21(18,19)12-6-9(15)4-5-10(12)13(17)11-7-16-20-14(11)8-2-3-8/h7-8,10H,3-6H2,1-2H3;4-8H,2-3H2,1H3. The van der Waals surface area contributed by atoms with Gasteiger partial charge in [-0.1, -0.05) is 28.4 Å². The van der Waals surface area contributed by atoms with Crippen molar-refractivity contribution < 1.29 is 41.2 Å². The van der Waals surface area contributed by atoms with Gasteiger partial charge in [-0.15, -0.1) is 0 Å². The lowest BCUT2D eigenvalue weighted by Gasteiger charge is -2.18. The van der Waals surface area contributed by atoms with Crippen LogP contribution in [0.15, 0.2) is 57.3 Å². The first-order valence-electron chi connectivity index (χ1n) is 14.1. The highest BCUT2D eigenvalue weighted by Gasteiger charge is 2.40. The number of cyclic esters (lactones) is 1. The number of carbonyl (C=O) groups is 3. The number of carbonyl (C=O) groups excluding carboxylic acids is 3. The maximum absolute atomic E-state index is 14.3. The van der Waals surface area contributed by atoms with E-state index in [-0.39, 0.29) is 49.7 Å². The van der Waals surface area contributed by atoms with Crippen molar-refractivity contribution in [1.29, 1.82) is 0 Å². The molecule has 45 heavy (non-hydrogen) atoms. The van der Waals surface area contributed by atoms with Gasteiger partial charge in [0.05, 0.1) is 33.5 Å². The molecule has 14 heteroatoms. The summed E-state index contributed by atoms with van der Waals surface area (Å²) in [5, 5.41) is 4.03. The Kier molecular flexibility index (Phi) is 9.39. The molecule has 0 atom stereocenters. The Morgan fingerprint density at radius 3 is 2.33 bits per heavy atom. The quantitative estimate of drug-likeness (QED) is 0.185. The lowest BCUT2D eigenvalue weighted by Crippen LogP contribution is -2.29. The third-order valence-electron chi connectivity index (χ3n) is 7.44. The molecule has 3 aliphatic rings. The Labute approximate surface area is 269 Å². The van der Waals surface area contributed by atoms with Gasteiger partial charge in [0.25, 0.3) is 0 Å². The first-order chi connectivity index (χ1) is 21.3. The topological polar surface area (TPSA) is 133 Å². The van der Waals surface area contributed by atoms with Crippen LogP contribution in [0.1, 0.15) is 80.0 Å². The molecule has 1 saturated heterocycles. The van der Waals surface area contributed by atoms with Gasteiger partial charge in [0.2, 0.25) is 0 Å². The number of ether oxygens (including phenoxy) is 2. The van der Waals surface area contributed by atoms with Crippen LogP contribution >= 0.6 is 23.2 Å². The number of nitrogens with zero attached hydrogens (tertiary/aromatic N) is 2. The molecule has 0 spiro atoms. The molecular formula is C31H29Cl2FN2O8S. The zero-order valence-electron chi connectivity index (χ0n) is 24.6. The van der Waals surface area contributed by atoms with E-state index in [9.17, 15) is 27.2 Å². The van der Waals surface area contributed by atoms with E-state index in [1.807, 2.05) is 0 Å². The number of hydrogen-bond donors (Lipinski definition) is 0. The molecule has 2 aliphatic carbocycles. The second-order valence-corrected chi connectivity index (χ2v) is 14.0. The van der Waals surface area contributed by atoms with Crippen molar-refractivity contribution in [3.63, 3.8) is 0 Å². The van der Waals surface area contributed by atoms with E-state index in [1.165, 1.54) is 30.5 Å². The van der Waals surface area contributed by atoms with Gasteiger partial charge in [-0.25, -0.2) is 22.5 Å². The van der Waals surface area contributed by atoms with Gasteiger partial charge in [0, 0.05) is 28.8 Å². The summed E-state index contributed by atoms with van der Waals surface area (Å²) >= 11 is 11.9. The molecule has 2 aromatic carbocycles. The fourth-order valence-corrected chi connectivity index (χ4v) is 6.38. The molecule has 2 heterocycles. The van der Waals surface area contributed by atoms with Crippen molar-refractivity contribution in [1.82, 2.24) is 5.16 Å². The van der Waals surface area contributed by atoms with Crippen molar-refractivity contribution in [3.05, 3.63) is 80.6 Å². The number of amides is 2. The second-order valence-electron chi connectivity index (χ2n) is 11.2. The van der Waals surface area contributed by atoms with Gasteiger partial charge >= 0.3 is 12.0 Å². The van der Waals surface area contributed by atoms with Crippen molar-refractivity contribution in [3.8, 4) is 5.75 Å². The van der Waals surface area contributed by atoms with Crippen LogP contribution in [0.5, 0.6) is 5.75 Å². The summed E-state index contributed by atoms with van der Waals surface area (Å²) in [4.78, 5) is 37.5. The minimum absolute atomic E-state index is 0.00962. The van der Waals surface area contributed by atoms with Crippen LogP contribution in [0.2, 0.25) is 10.0 Å². The third-order valence-corrected chi connectivity index (χ3v) is 9.11. The summed E-state index contributed by atoms with van der Waals surface area (Å²) in [6.07, 6.45) is 7.30. The lowest BCUT2D eigenvalue weighted by molar-refractivity contribution is -0.114. The number of allylic oxidation sites excluding steroid dienone is 1. The lowest BCUT2D eigenvalue weighted by atomic mass is 10.0. The smallest absolute Gasteiger partial charge is 0.427 e. The van der Waals surface area contributed by atoms with Crippen LogP contribution in [0.4, 0.5) is 14.9 Å². The normalized spacial score (nSPS) is 16.8. The molecule has 6 rings (SSSR count). The van der Waals surface area contributed by atoms with Crippen LogP contribution in [0.3, 0.4) is 0 Å². The van der Waals surface area contributed by atoms with Crippen molar-refractivity contribution in [2.45, 2.75) is 69.3 Å². The maximum atomic E-state index is 14.3. The van der Waals surface area contributed by atoms with E-state index in [4.69, 9.17) is 37.2 Å². The van der Waals surface area contributed by atoms with Crippen LogP contribution in [0, 0.1) is 5.82 Å². The van der Waals surface area contributed by atoms with E-state index >= 15 is 0 Å². The minimum atomic E-state index is -3.57. The highest BCUT2D eigenvalue weighted by Crippen LogP contribution is 2.42. The average Bonchev–Trinajstić information content (AvgIpc) is 3.33. The van der Waals surface area contributed by atoms with Gasteiger partial charge < -0.3 is 14.0 Å². The zero-order valence-corrected chi connectivity index (χ0v) is 26.9. The van der Waals surface area contributed by atoms with Crippen LogP contribution in [-0.2, 0) is 19.4 Å². The first kappa shape index (κ1) is 32.6. The highest BCUT2D eigenvalue weighted by atomic mass is 35.5. The number of imide groups is 1. The van der Waals surface area contributed by atoms with E-state index in [1.54, 1.807) is 13.8 Å².